The number of nitrogens with zero attached hydrogens (tertiary/aromatic N) is 1. The summed E-state index contributed by atoms with van der Waals surface area (Å²) in [5.74, 6) is 3.08. The van der Waals surface area contributed by atoms with Crippen LogP contribution in [0.3, 0.4) is 0 Å². The Kier molecular flexibility index (Phi) is 9.13. The van der Waals surface area contributed by atoms with E-state index in [2.05, 4.69) is 211 Å². The summed E-state index contributed by atoms with van der Waals surface area (Å²) in [4.78, 5) is 2.50. The van der Waals surface area contributed by atoms with Crippen LogP contribution in [0.5, 0.6) is 11.5 Å². The largest absolute Gasteiger partial charge is 0.458 e. The molecule has 2 nitrogen and oxygen atoms in total. The SMILES string of the molecule is Cc1ccc2c(c1)[Si](c1ccccc1)(c1ccccc1)c1ccccc1N2c1ccc2c(c1)Oc1ccccc1B2c1c(C(C)C)cc(C(C)C)cc1C(C)C. The second-order valence-electron chi connectivity index (χ2n) is 16.7. The molecule has 0 saturated heterocycles. The highest BCUT2D eigenvalue weighted by Gasteiger charge is 2.49. The number of rotatable bonds is 7. The van der Waals surface area contributed by atoms with E-state index in [0.717, 1.165) is 17.2 Å². The molecule has 0 aromatic heterocycles. The highest BCUT2D eigenvalue weighted by atomic mass is 28.3. The van der Waals surface area contributed by atoms with Crippen molar-refractivity contribution in [2.45, 2.75) is 66.2 Å². The van der Waals surface area contributed by atoms with Crippen LogP contribution in [0.1, 0.15) is 81.5 Å². The van der Waals surface area contributed by atoms with Crippen molar-refractivity contribution < 1.29 is 4.74 Å². The monoisotopic (exact) mass is 743 g/mol. The Balaban J connectivity index is 1.29. The normalized spacial score (nSPS) is 14.0. The molecule has 2 aliphatic rings. The van der Waals surface area contributed by atoms with Crippen molar-refractivity contribution >= 4 is 69.0 Å². The molecule has 0 atom stereocenters. The van der Waals surface area contributed by atoms with Crippen molar-refractivity contribution in [1.82, 2.24) is 0 Å². The number of anilines is 3. The maximum atomic E-state index is 6.98. The molecule has 0 unspecified atom stereocenters. The first kappa shape index (κ1) is 36.1. The molecule has 2 aliphatic heterocycles. The van der Waals surface area contributed by atoms with E-state index in [1.54, 1.807) is 0 Å². The van der Waals surface area contributed by atoms with Gasteiger partial charge in [0.2, 0.25) is 0 Å². The lowest BCUT2D eigenvalue weighted by molar-refractivity contribution is 0.487. The van der Waals surface area contributed by atoms with Crippen molar-refractivity contribution in [2.75, 3.05) is 4.90 Å². The molecule has 0 fully saturated rings. The Morgan fingerprint density at radius 2 is 1.07 bits per heavy atom. The van der Waals surface area contributed by atoms with Crippen molar-refractivity contribution in [3.63, 3.8) is 0 Å². The average molecular weight is 744 g/mol. The Labute approximate surface area is 334 Å². The molecule has 56 heavy (non-hydrogen) atoms. The molecule has 0 bridgehead atoms. The van der Waals surface area contributed by atoms with E-state index in [0.29, 0.717) is 17.8 Å². The van der Waals surface area contributed by atoms with E-state index < -0.39 is 8.07 Å². The van der Waals surface area contributed by atoms with Gasteiger partial charge in [0.15, 0.2) is 8.07 Å². The zero-order valence-electron chi connectivity index (χ0n) is 33.7. The van der Waals surface area contributed by atoms with Gasteiger partial charge < -0.3 is 9.64 Å². The van der Waals surface area contributed by atoms with Gasteiger partial charge in [-0.2, -0.15) is 0 Å². The molecular formula is C52H50BNOSi. The third kappa shape index (κ3) is 5.68. The predicted octanol–water partition coefficient (Wildman–Crippen LogP) is 9.15. The zero-order valence-corrected chi connectivity index (χ0v) is 34.7. The minimum Gasteiger partial charge on any atom is -0.458 e. The zero-order chi connectivity index (χ0) is 38.7. The Hall–Kier alpha value is -5.58. The van der Waals surface area contributed by atoms with Crippen LogP contribution in [0.4, 0.5) is 17.1 Å². The highest BCUT2D eigenvalue weighted by Crippen LogP contribution is 2.41. The van der Waals surface area contributed by atoms with E-state index in [1.807, 2.05) is 0 Å². The summed E-state index contributed by atoms with van der Waals surface area (Å²) in [7, 11) is -2.73. The van der Waals surface area contributed by atoms with Crippen molar-refractivity contribution in [1.29, 1.82) is 0 Å². The fourth-order valence-electron chi connectivity index (χ4n) is 9.59. The molecule has 0 aliphatic carbocycles. The second-order valence-corrected chi connectivity index (χ2v) is 20.5. The Morgan fingerprint density at radius 3 is 1.71 bits per heavy atom. The van der Waals surface area contributed by atoms with Crippen LogP contribution >= 0.6 is 0 Å². The first-order valence-electron chi connectivity index (χ1n) is 20.4. The number of hydrogen-bond acceptors (Lipinski definition) is 2. The predicted molar refractivity (Wildman–Crippen MR) is 243 cm³/mol. The number of fused-ring (bicyclic) bond motifs is 4. The Bertz CT molecular complexity index is 2510. The molecule has 7 aromatic rings. The third-order valence-corrected chi connectivity index (χ3v) is 17.1. The van der Waals surface area contributed by atoms with Gasteiger partial charge in [-0.1, -0.05) is 180 Å². The number of ether oxygens (including phenoxy) is 1. The molecule has 0 amide bonds. The van der Waals surface area contributed by atoms with E-state index in [1.165, 1.54) is 70.8 Å². The van der Waals surface area contributed by atoms with Gasteiger partial charge in [-0.15, -0.1) is 0 Å². The minimum absolute atomic E-state index is 0.0554. The summed E-state index contributed by atoms with van der Waals surface area (Å²) in [5.41, 5.74) is 13.0. The molecule has 9 rings (SSSR count). The van der Waals surface area contributed by atoms with Gasteiger partial charge in [0.25, 0.3) is 6.71 Å². The molecular weight excluding hydrogens is 693 g/mol. The summed E-state index contributed by atoms with van der Waals surface area (Å²) >= 11 is 0. The lowest BCUT2D eigenvalue weighted by atomic mass is 9.34. The summed E-state index contributed by atoms with van der Waals surface area (Å²) in [6.45, 7) is 16.3. The fraction of sp³-hybridized carbons (Fsp3) is 0.192. The van der Waals surface area contributed by atoms with Crippen molar-refractivity contribution in [2.24, 2.45) is 0 Å². The first-order chi connectivity index (χ1) is 27.2. The highest BCUT2D eigenvalue weighted by molar-refractivity contribution is 7.21. The maximum absolute atomic E-state index is 6.98. The second kappa shape index (κ2) is 14.2. The molecule has 2 heterocycles. The maximum Gasteiger partial charge on any atom is 0.251 e. The first-order valence-corrected chi connectivity index (χ1v) is 22.4. The van der Waals surface area contributed by atoms with Crippen LogP contribution < -0.4 is 46.8 Å². The van der Waals surface area contributed by atoms with Crippen molar-refractivity contribution in [3.8, 4) is 11.5 Å². The quantitative estimate of drug-likeness (QED) is 0.151. The number of para-hydroxylation sites is 2. The van der Waals surface area contributed by atoms with E-state index in [-0.39, 0.29) is 6.71 Å². The van der Waals surface area contributed by atoms with Crippen LogP contribution in [-0.4, -0.2) is 14.8 Å². The minimum atomic E-state index is -2.73. The topological polar surface area (TPSA) is 12.5 Å². The molecule has 4 heteroatoms. The molecule has 7 aromatic carbocycles. The molecule has 0 radical (unpaired) electrons. The van der Waals surface area contributed by atoms with Gasteiger partial charge in [-0.3, -0.25) is 0 Å². The summed E-state index contributed by atoms with van der Waals surface area (Å²) in [6.07, 6.45) is 0. The molecule has 0 spiro atoms. The van der Waals surface area contributed by atoms with Crippen LogP contribution in [0.2, 0.25) is 0 Å². The number of aryl methyl sites for hydroxylation is 1. The average Bonchev–Trinajstić information content (AvgIpc) is 3.22. The lowest BCUT2D eigenvalue weighted by Crippen LogP contribution is -2.77. The molecule has 0 saturated carbocycles. The standard InChI is InChI=1S/C52H50BNOSi/c1-34(2)38-31-42(35(3)4)52(43(32-38)36(5)6)53-44-22-14-16-24-48(44)55-49-33-39(27-28-45(49)53)54-46-23-15-17-25-50(46)56(40-18-10-8-11-19-40,41-20-12-9-13-21-41)51-30-37(7)26-29-47(51)54/h8-36H,1-7H3. The smallest absolute Gasteiger partial charge is 0.251 e. The summed E-state index contributed by atoms with van der Waals surface area (Å²) < 4.78 is 6.98. The summed E-state index contributed by atoms with van der Waals surface area (Å²) in [5, 5.41) is 5.59. The van der Waals surface area contributed by atoms with Crippen molar-refractivity contribution in [3.05, 3.63) is 180 Å². The van der Waals surface area contributed by atoms with E-state index >= 15 is 0 Å². The van der Waals surface area contributed by atoms with Gasteiger partial charge in [0.05, 0.1) is 0 Å². The molecule has 276 valence electrons. The van der Waals surface area contributed by atoms with Gasteiger partial charge in [0, 0.05) is 23.1 Å². The van der Waals surface area contributed by atoms with Crippen LogP contribution in [-0.2, 0) is 0 Å². The van der Waals surface area contributed by atoms with E-state index in [9.17, 15) is 0 Å². The number of benzene rings is 7. The van der Waals surface area contributed by atoms with Gasteiger partial charge in [-0.25, -0.2) is 0 Å². The fourth-order valence-corrected chi connectivity index (χ4v) is 14.8. The van der Waals surface area contributed by atoms with Crippen LogP contribution in [0, 0.1) is 6.92 Å². The number of hydrogen-bond donors (Lipinski definition) is 0. The Morgan fingerprint density at radius 1 is 0.500 bits per heavy atom. The summed E-state index contributed by atoms with van der Waals surface area (Å²) in [6, 6.07) is 59.4. The van der Waals surface area contributed by atoms with Crippen LogP contribution in [0.25, 0.3) is 0 Å². The lowest BCUT2D eigenvalue weighted by Gasteiger charge is -2.45. The van der Waals surface area contributed by atoms with Gasteiger partial charge in [0.1, 0.15) is 11.5 Å². The van der Waals surface area contributed by atoms with Gasteiger partial charge in [-0.05, 0) is 97.3 Å². The van der Waals surface area contributed by atoms with Crippen LogP contribution in [0.15, 0.2) is 158 Å². The third-order valence-electron chi connectivity index (χ3n) is 12.2. The van der Waals surface area contributed by atoms with Gasteiger partial charge >= 0.3 is 0 Å². The van der Waals surface area contributed by atoms with E-state index in [4.69, 9.17) is 4.74 Å². The molecule has 0 N–H and O–H groups in total.